The van der Waals surface area contributed by atoms with Crippen molar-refractivity contribution in [3.8, 4) is 5.75 Å². The highest BCUT2D eigenvalue weighted by molar-refractivity contribution is 5.92. The largest absolute Gasteiger partial charge is 0.484 e. The molecule has 150 valence electrons. The van der Waals surface area contributed by atoms with E-state index >= 15 is 0 Å². The number of alkyl halides is 3. The minimum Gasteiger partial charge on any atom is -0.484 e. The number of fused-ring (bicyclic) bond motifs is 3. The maximum Gasteiger partial charge on any atom is 0.416 e. The van der Waals surface area contributed by atoms with Crippen LogP contribution in [0.2, 0.25) is 0 Å². The molecule has 1 amide bonds. The quantitative estimate of drug-likeness (QED) is 0.659. The van der Waals surface area contributed by atoms with E-state index in [2.05, 4.69) is 5.32 Å². The van der Waals surface area contributed by atoms with Crippen molar-refractivity contribution in [2.75, 3.05) is 11.9 Å². The SMILES string of the molecule is O=C(COc1ccc2c3c(c(=O)oc2c1)CCC3)Nc1ccc(C(F)(F)F)cc1. The molecule has 0 saturated carbocycles. The fraction of sp³-hybridized carbons (Fsp3) is 0.238. The molecule has 2 aromatic carbocycles. The van der Waals surface area contributed by atoms with Gasteiger partial charge in [0, 0.05) is 22.7 Å². The first kappa shape index (κ1) is 19.0. The van der Waals surface area contributed by atoms with Crippen LogP contribution in [0.5, 0.6) is 5.75 Å². The Kier molecular flexibility index (Phi) is 4.77. The third-order valence-electron chi connectivity index (χ3n) is 4.81. The standard InChI is InChI=1S/C21H16F3NO4/c22-21(23,24)12-4-6-13(7-5-12)25-19(26)11-28-14-8-9-16-15-2-1-3-17(15)20(27)29-18(16)10-14/h4-10H,1-3,11H2,(H,25,26). The van der Waals surface area contributed by atoms with Crippen molar-refractivity contribution < 1.29 is 27.1 Å². The smallest absolute Gasteiger partial charge is 0.416 e. The van der Waals surface area contributed by atoms with Gasteiger partial charge in [-0.3, -0.25) is 4.79 Å². The lowest BCUT2D eigenvalue weighted by molar-refractivity contribution is -0.137. The van der Waals surface area contributed by atoms with Gasteiger partial charge >= 0.3 is 11.8 Å². The minimum absolute atomic E-state index is 0.228. The van der Waals surface area contributed by atoms with Gasteiger partial charge in [0.2, 0.25) is 0 Å². The molecule has 0 spiro atoms. The van der Waals surface area contributed by atoms with E-state index in [9.17, 15) is 22.8 Å². The molecule has 5 nitrogen and oxygen atoms in total. The van der Waals surface area contributed by atoms with Crippen LogP contribution in [0.15, 0.2) is 51.7 Å². The highest BCUT2D eigenvalue weighted by Crippen LogP contribution is 2.30. The highest BCUT2D eigenvalue weighted by Gasteiger charge is 2.30. The van der Waals surface area contributed by atoms with E-state index in [4.69, 9.17) is 9.15 Å². The molecule has 0 atom stereocenters. The Balaban J connectivity index is 1.42. The molecule has 0 aliphatic heterocycles. The number of hydrogen-bond donors (Lipinski definition) is 1. The van der Waals surface area contributed by atoms with Gasteiger partial charge in [-0.15, -0.1) is 0 Å². The van der Waals surface area contributed by atoms with Crippen LogP contribution in [0.25, 0.3) is 11.0 Å². The van der Waals surface area contributed by atoms with E-state index in [-0.39, 0.29) is 17.9 Å². The van der Waals surface area contributed by atoms with Crippen molar-refractivity contribution in [2.24, 2.45) is 0 Å². The zero-order chi connectivity index (χ0) is 20.6. The Morgan fingerprint density at radius 3 is 2.52 bits per heavy atom. The molecule has 1 heterocycles. The van der Waals surface area contributed by atoms with Gasteiger partial charge in [-0.05, 0) is 61.2 Å². The van der Waals surface area contributed by atoms with Gasteiger partial charge in [0.1, 0.15) is 11.3 Å². The summed E-state index contributed by atoms with van der Waals surface area (Å²) < 4.78 is 48.5. The summed E-state index contributed by atoms with van der Waals surface area (Å²) in [7, 11) is 0. The molecule has 0 radical (unpaired) electrons. The summed E-state index contributed by atoms with van der Waals surface area (Å²) in [5.74, 6) is -0.179. The lowest BCUT2D eigenvalue weighted by Gasteiger charge is -2.10. The molecule has 8 heteroatoms. The molecule has 29 heavy (non-hydrogen) atoms. The average molecular weight is 403 g/mol. The number of rotatable bonds is 4. The summed E-state index contributed by atoms with van der Waals surface area (Å²) in [6, 6.07) is 9.16. The first-order valence-electron chi connectivity index (χ1n) is 9.00. The van der Waals surface area contributed by atoms with E-state index in [1.54, 1.807) is 18.2 Å². The molecular weight excluding hydrogens is 387 g/mol. The number of halogens is 3. The van der Waals surface area contributed by atoms with Crippen LogP contribution in [-0.4, -0.2) is 12.5 Å². The molecule has 1 aliphatic rings. The van der Waals surface area contributed by atoms with Crippen LogP contribution < -0.4 is 15.7 Å². The zero-order valence-electron chi connectivity index (χ0n) is 15.1. The number of carbonyl (C=O) groups excluding carboxylic acids is 1. The molecule has 4 rings (SSSR count). The minimum atomic E-state index is -4.43. The topological polar surface area (TPSA) is 68.5 Å². The molecule has 0 saturated heterocycles. The second kappa shape index (κ2) is 7.27. The number of benzene rings is 2. The Bertz CT molecular complexity index is 1130. The zero-order valence-corrected chi connectivity index (χ0v) is 15.1. The monoisotopic (exact) mass is 403 g/mol. The summed E-state index contributed by atoms with van der Waals surface area (Å²) in [4.78, 5) is 24.1. The van der Waals surface area contributed by atoms with Crippen LogP contribution in [0, 0.1) is 0 Å². The van der Waals surface area contributed by atoms with E-state index in [1.807, 2.05) is 0 Å². The second-order valence-corrected chi connectivity index (χ2v) is 6.77. The normalized spacial score (nSPS) is 13.3. The Labute approximate surface area is 163 Å². The highest BCUT2D eigenvalue weighted by atomic mass is 19.4. The molecule has 1 aromatic heterocycles. The van der Waals surface area contributed by atoms with Gasteiger partial charge in [-0.2, -0.15) is 13.2 Å². The number of hydrogen-bond acceptors (Lipinski definition) is 4. The number of anilines is 1. The third kappa shape index (κ3) is 3.96. The van der Waals surface area contributed by atoms with Crippen molar-refractivity contribution in [3.63, 3.8) is 0 Å². The Morgan fingerprint density at radius 1 is 1.07 bits per heavy atom. The lowest BCUT2D eigenvalue weighted by Crippen LogP contribution is -2.20. The molecule has 0 unspecified atom stereocenters. The first-order chi connectivity index (χ1) is 13.8. The van der Waals surface area contributed by atoms with Gasteiger partial charge in [0.15, 0.2) is 6.61 Å². The molecule has 1 aliphatic carbocycles. The first-order valence-corrected chi connectivity index (χ1v) is 9.00. The van der Waals surface area contributed by atoms with Crippen LogP contribution in [0.1, 0.15) is 23.1 Å². The summed E-state index contributed by atoms with van der Waals surface area (Å²) in [6.07, 6.45) is -1.97. The second-order valence-electron chi connectivity index (χ2n) is 6.77. The fourth-order valence-corrected chi connectivity index (χ4v) is 3.44. The molecule has 1 N–H and O–H groups in total. The molecule has 0 fully saturated rings. The van der Waals surface area contributed by atoms with E-state index in [0.717, 1.165) is 47.9 Å². The van der Waals surface area contributed by atoms with E-state index < -0.39 is 17.6 Å². The van der Waals surface area contributed by atoms with Crippen LogP contribution in [0.4, 0.5) is 18.9 Å². The van der Waals surface area contributed by atoms with E-state index in [1.165, 1.54) is 12.1 Å². The summed E-state index contributed by atoms with van der Waals surface area (Å²) >= 11 is 0. The molecule has 3 aromatic rings. The van der Waals surface area contributed by atoms with Crippen molar-refractivity contribution in [1.82, 2.24) is 0 Å². The Morgan fingerprint density at radius 2 is 1.79 bits per heavy atom. The predicted molar refractivity (Wildman–Crippen MR) is 100 cm³/mol. The van der Waals surface area contributed by atoms with Gasteiger partial charge in [-0.25, -0.2) is 4.79 Å². The van der Waals surface area contributed by atoms with Crippen molar-refractivity contribution in [3.05, 3.63) is 69.6 Å². The number of aryl methyl sites for hydroxylation is 1. The lowest BCUT2D eigenvalue weighted by atomic mass is 10.1. The van der Waals surface area contributed by atoms with Crippen LogP contribution in [-0.2, 0) is 23.8 Å². The van der Waals surface area contributed by atoms with E-state index in [0.29, 0.717) is 11.3 Å². The fourth-order valence-electron chi connectivity index (χ4n) is 3.44. The van der Waals surface area contributed by atoms with Crippen molar-refractivity contribution in [2.45, 2.75) is 25.4 Å². The van der Waals surface area contributed by atoms with Gasteiger partial charge in [0.25, 0.3) is 5.91 Å². The van der Waals surface area contributed by atoms with Gasteiger partial charge in [-0.1, -0.05) is 0 Å². The predicted octanol–water partition coefficient (Wildman–Crippen LogP) is 4.32. The molecular formula is C21H16F3NO4. The number of ether oxygens (including phenoxy) is 1. The average Bonchev–Trinajstić information content (AvgIpc) is 3.17. The van der Waals surface area contributed by atoms with Gasteiger partial charge < -0.3 is 14.5 Å². The number of carbonyl (C=O) groups is 1. The third-order valence-corrected chi connectivity index (χ3v) is 4.81. The molecule has 0 bridgehead atoms. The van der Waals surface area contributed by atoms with Crippen LogP contribution in [0.3, 0.4) is 0 Å². The Hall–Kier alpha value is -3.29. The maximum absolute atomic E-state index is 12.6. The van der Waals surface area contributed by atoms with Crippen molar-refractivity contribution in [1.29, 1.82) is 0 Å². The van der Waals surface area contributed by atoms with Crippen molar-refractivity contribution >= 4 is 22.6 Å². The maximum atomic E-state index is 12.6. The summed E-state index contributed by atoms with van der Waals surface area (Å²) in [6.45, 7) is -0.346. The van der Waals surface area contributed by atoms with Crippen LogP contribution >= 0.6 is 0 Å². The summed E-state index contributed by atoms with van der Waals surface area (Å²) in [5.41, 5.74) is 1.21. The summed E-state index contributed by atoms with van der Waals surface area (Å²) in [5, 5.41) is 3.33. The van der Waals surface area contributed by atoms with Gasteiger partial charge in [0.05, 0.1) is 5.56 Å². The number of amides is 1. The number of nitrogens with one attached hydrogen (secondary N) is 1.